The molecule has 24 heavy (non-hydrogen) atoms. The number of ether oxygens (including phenoxy) is 1. The highest BCUT2D eigenvalue weighted by Gasteiger charge is 2.28. The summed E-state index contributed by atoms with van der Waals surface area (Å²) in [7, 11) is 0. The van der Waals surface area contributed by atoms with Gasteiger partial charge in [-0.3, -0.25) is 9.78 Å². The quantitative estimate of drug-likeness (QED) is 0.772. The lowest BCUT2D eigenvalue weighted by atomic mass is 9.91. The third-order valence-electron chi connectivity index (χ3n) is 3.89. The van der Waals surface area contributed by atoms with Crippen LogP contribution in [0.1, 0.15) is 56.4 Å². The minimum absolute atomic E-state index is 0.297. The van der Waals surface area contributed by atoms with E-state index in [1.54, 1.807) is 0 Å². The molecule has 0 aliphatic heterocycles. The van der Waals surface area contributed by atoms with Gasteiger partial charge in [0, 0.05) is 17.5 Å². The number of carbonyl (C=O) groups is 1. The van der Waals surface area contributed by atoms with Crippen molar-refractivity contribution in [2.24, 2.45) is 0 Å². The summed E-state index contributed by atoms with van der Waals surface area (Å²) in [5.41, 5.74) is 3.15. The van der Waals surface area contributed by atoms with E-state index in [0.29, 0.717) is 12.8 Å². The maximum atomic E-state index is 12.7. The standard InChI is InChI=1S/C20H24N2O2/c1-13-8-6-9-15-12-17(14(2)22-18(13)15)16(10-7-11-21)19(23)24-20(3,4)5/h6,8-9,12,16H,7,10H2,1-5H3. The number of fused-ring (bicyclic) bond motifs is 1. The van der Waals surface area contributed by atoms with E-state index in [2.05, 4.69) is 6.07 Å². The summed E-state index contributed by atoms with van der Waals surface area (Å²) in [6, 6.07) is 10.1. The van der Waals surface area contributed by atoms with Crippen LogP contribution in [-0.4, -0.2) is 16.6 Å². The van der Waals surface area contributed by atoms with E-state index >= 15 is 0 Å². The van der Waals surface area contributed by atoms with Gasteiger partial charge in [0.05, 0.1) is 17.5 Å². The van der Waals surface area contributed by atoms with Gasteiger partial charge in [0.25, 0.3) is 0 Å². The molecular formula is C20H24N2O2. The van der Waals surface area contributed by atoms with Gasteiger partial charge in [0.15, 0.2) is 0 Å². The Balaban J connectivity index is 2.49. The zero-order valence-corrected chi connectivity index (χ0v) is 15.0. The third kappa shape index (κ3) is 4.11. The van der Waals surface area contributed by atoms with Crippen LogP contribution in [0.15, 0.2) is 24.3 Å². The Labute approximate surface area is 143 Å². The van der Waals surface area contributed by atoms with Crippen LogP contribution in [0.2, 0.25) is 0 Å². The van der Waals surface area contributed by atoms with E-state index in [9.17, 15) is 4.79 Å². The van der Waals surface area contributed by atoms with Crippen LogP contribution >= 0.6 is 0 Å². The van der Waals surface area contributed by atoms with Gasteiger partial charge in [0.1, 0.15) is 5.60 Å². The topological polar surface area (TPSA) is 63.0 Å². The highest BCUT2D eigenvalue weighted by molar-refractivity contribution is 5.85. The molecule has 2 aromatic rings. The first kappa shape index (κ1) is 17.9. The summed E-state index contributed by atoms with van der Waals surface area (Å²) in [6.45, 7) is 9.48. The molecule has 2 rings (SSSR count). The van der Waals surface area contributed by atoms with Gasteiger partial charge in [-0.2, -0.15) is 5.26 Å². The van der Waals surface area contributed by atoms with Gasteiger partial charge >= 0.3 is 5.97 Å². The van der Waals surface area contributed by atoms with Crippen LogP contribution < -0.4 is 0 Å². The SMILES string of the molecule is Cc1nc2c(C)cccc2cc1C(CCC#N)C(=O)OC(C)(C)C. The monoisotopic (exact) mass is 324 g/mol. The number of hydrogen-bond donors (Lipinski definition) is 0. The Hall–Kier alpha value is -2.41. The molecule has 0 fully saturated rings. The van der Waals surface area contributed by atoms with E-state index in [1.807, 2.05) is 58.9 Å². The first-order valence-corrected chi connectivity index (χ1v) is 8.19. The number of rotatable bonds is 4. The zero-order chi connectivity index (χ0) is 17.9. The fraction of sp³-hybridized carbons (Fsp3) is 0.450. The zero-order valence-electron chi connectivity index (χ0n) is 15.0. The van der Waals surface area contributed by atoms with Crippen LogP contribution in [0.4, 0.5) is 0 Å². The summed E-state index contributed by atoms with van der Waals surface area (Å²) in [5, 5.41) is 9.94. The second kappa shape index (κ2) is 7.00. The number of esters is 1. The molecule has 1 unspecified atom stereocenters. The summed E-state index contributed by atoms with van der Waals surface area (Å²) >= 11 is 0. The van der Waals surface area contributed by atoms with Crippen LogP contribution in [0.5, 0.6) is 0 Å². The number of hydrogen-bond acceptors (Lipinski definition) is 4. The second-order valence-electron chi connectivity index (χ2n) is 7.09. The van der Waals surface area contributed by atoms with Crippen molar-refractivity contribution in [1.82, 2.24) is 4.98 Å². The van der Waals surface area contributed by atoms with Crippen molar-refractivity contribution in [2.75, 3.05) is 0 Å². The molecule has 4 nitrogen and oxygen atoms in total. The molecule has 0 aliphatic carbocycles. The molecule has 0 bridgehead atoms. The minimum Gasteiger partial charge on any atom is -0.459 e. The molecule has 1 heterocycles. The number of aryl methyl sites for hydroxylation is 2. The Bertz CT molecular complexity index is 798. The third-order valence-corrected chi connectivity index (χ3v) is 3.89. The largest absolute Gasteiger partial charge is 0.459 e. The van der Waals surface area contributed by atoms with Gasteiger partial charge in [-0.25, -0.2) is 0 Å². The number of carbonyl (C=O) groups excluding carboxylic acids is 1. The average molecular weight is 324 g/mol. The Kier molecular flexibility index (Phi) is 5.23. The van der Waals surface area contributed by atoms with Gasteiger partial charge in [-0.1, -0.05) is 18.2 Å². The molecule has 1 aromatic carbocycles. The summed E-state index contributed by atoms with van der Waals surface area (Å²) in [4.78, 5) is 17.4. The van der Waals surface area contributed by atoms with Crippen LogP contribution in [0.25, 0.3) is 10.9 Å². The number of aromatic nitrogens is 1. The Morgan fingerprint density at radius 1 is 1.33 bits per heavy atom. The molecule has 0 N–H and O–H groups in total. The molecular weight excluding hydrogens is 300 g/mol. The summed E-state index contributed by atoms with van der Waals surface area (Å²) in [5.74, 6) is -0.768. The van der Waals surface area contributed by atoms with Crippen molar-refractivity contribution in [3.05, 3.63) is 41.1 Å². The molecule has 0 amide bonds. The number of nitriles is 1. The van der Waals surface area contributed by atoms with Gasteiger partial charge in [0.2, 0.25) is 0 Å². The minimum atomic E-state index is -0.559. The van der Waals surface area contributed by atoms with Crippen molar-refractivity contribution >= 4 is 16.9 Å². The average Bonchev–Trinajstić information content (AvgIpc) is 2.47. The summed E-state index contributed by atoms with van der Waals surface area (Å²) < 4.78 is 5.57. The lowest BCUT2D eigenvalue weighted by molar-refractivity contribution is -0.156. The predicted molar refractivity (Wildman–Crippen MR) is 94.7 cm³/mol. The van der Waals surface area contributed by atoms with E-state index in [-0.39, 0.29) is 5.97 Å². The van der Waals surface area contributed by atoms with Crippen LogP contribution in [0.3, 0.4) is 0 Å². The highest BCUT2D eigenvalue weighted by atomic mass is 16.6. The Morgan fingerprint density at radius 2 is 2.04 bits per heavy atom. The molecule has 1 aromatic heterocycles. The predicted octanol–water partition coefficient (Wildman–Crippen LogP) is 4.58. The smallest absolute Gasteiger partial charge is 0.314 e. The van der Waals surface area contributed by atoms with Crippen molar-refractivity contribution in [2.45, 2.75) is 59.0 Å². The molecule has 0 aliphatic rings. The van der Waals surface area contributed by atoms with Gasteiger partial charge < -0.3 is 4.74 Å². The fourth-order valence-electron chi connectivity index (χ4n) is 2.79. The van der Waals surface area contributed by atoms with E-state index in [4.69, 9.17) is 15.0 Å². The number of pyridine rings is 1. The van der Waals surface area contributed by atoms with E-state index < -0.39 is 11.5 Å². The van der Waals surface area contributed by atoms with Crippen molar-refractivity contribution in [3.63, 3.8) is 0 Å². The summed E-state index contributed by atoms with van der Waals surface area (Å²) in [6.07, 6.45) is 0.737. The van der Waals surface area contributed by atoms with E-state index in [1.165, 1.54) is 0 Å². The normalized spacial score (nSPS) is 12.7. The highest BCUT2D eigenvalue weighted by Crippen LogP contribution is 2.30. The maximum absolute atomic E-state index is 12.7. The molecule has 4 heteroatoms. The number of para-hydroxylation sites is 1. The van der Waals surface area contributed by atoms with Crippen LogP contribution in [-0.2, 0) is 9.53 Å². The molecule has 1 atom stereocenters. The van der Waals surface area contributed by atoms with Crippen molar-refractivity contribution in [1.29, 1.82) is 5.26 Å². The second-order valence-corrected chi connectivity index (χ2v) is 7.09. The van der Waals surface area contributed by atoms with Crippen molar-refractivity contribution < 1.29 is 9.53 Å². The maximum Gasteiger partial charge on any atom is 0.314 e. The molecule has 0 saturated carbocycles. The molecule has 0 spiro atoms. The molecule has 0 radical (unpaired) electrons. The first-order chi connectivity index (χ1) is 11.2. The Morgan fingerprint density at radius 3 is 2.67 bits per heavy atom. The van der Waals surface area contributed by atoms with Crippen molar-refractivity contribution in [3.8, 4) is 6.07 Å². The first-order valence-electron chi connectivity index (χ1n) is 8.19. The lowest BCUT2D eigenvalue weighted by Crippen LogP contribution is -2.28. The molecule has 126 valence electrons. The van der Waals surface area contributed by atoms with Gasteiger partial charge in [-0.05, 0) is 58.2 Å². The van der Waals surface area contributed by atoms with E-state index in [0.717, 1.165) is 27.7 Å². The lowest BCUT2D eigenvalue weighted by Gasteiger charge is -2.24. The molecule has 0 saturated heterocycles. The fourth-order valence-corrected chi connectivity index (χ4v) is 2.79. The number of nitrogens with zero attached hydrogens (tertiary/aromatic N) is 2. The van der Waals surface area contributed by atoms with Crippen LogP contribution in [0, 0.1) is 25.2 Å². The number of benzene rings is 1. The van der Waals surface area contributed by atoms with Gasteiger partial charge in [-0.15, -0.1) is 0 Å².